The summed E-state index contributed by atoms with van der Waals surface area (Å²) in [5.41, 5.74) is 5.00. The van der Waals surface area contributed by atoms with Crippen molar-refractivity contribution in [3.63, 3.8) is 0 Å². The van der Waals surface area contributed by atoms with Crippen LogP contribution in [-0.2, 0) is 11.3 Å². The van der Waals surface area contributed by atoms with Crippen molar-refractivity contribution >= 4 is 19.9 Å². The largest absolute Gasteiger partial charge is 0.445 e. The zero-order valence-electron chi connectivity index (χ0n) is 16.4. The van der Waals surface area contributed by atoms with Crippen molar-refractivity contribution in [2.24, 2.45) is 11.1 Å². The van der Waals surface area contributed by atoms with Crippen molar-refractivity contribution in [3.8, 4) is 0 Å². The van der Waals surface area contributed by atoms with Crippen molar-refractivity contribution < 1.29 is 14.7 Å². The number of oxime groups is 1. The Morgan fingerprint density at radius 1 is 1.35 bits per heavy atom. The summed E-state index contributed by atoms with van der Waals surface area (Å²) in [6.07, 6.45) is 0.251. The highest BCUT2D eigenvalue weighted by molar-refractivity contribution is 6.81. The Labute approximate surface area is 157 Å². The van der Waals surface area contributed by atoms with Crippen molar-refractivity contribution in [2.75, 3.05) is 6.54 Å². The molecule has 0 spiro atoms. The molecule has 1 unspecified atom stereocenters. The van der Waals surface area contributed by atoms with E-state index in [1.54, 1.807) is 4.90 Å². The lowest BCUT2D eigenvalue weighted by Crippen LogP contribution is -2.52. The predicted octanol–water partition coefficient (Wildman–Crippen LogP) is 4.69. The minimum Gasteiger partial charge on any atom is -0.445 e. The van der Waals surface area contributed by atoms with Crippen LogP contribution in [0.5, 0.6) is 0 Å². The van der Waals surface area contributed by atoms with Crippen LogP contribution in [0.2, 0.25) is 19.6 Å². The third kappa shape index (κ3) is 5.46. The lowest BCUT2D eigenvalue weighted by Gasteiger charge is -2.39. The lowest BCUT2D eigenvalue weighted by atomic mass is 9.89. The number of ether oxygens (including phenoxy) is 1. The summed E-state index contributed by atoms with van der Waals surface area (Å²) < 4.78 is 5.55. The van der Waals surface area contributed by atoms with Crippen molar-refractivity contribution in [1.29, 1.82) is 0 Å². The maximum absolute atomic E-state index is 12.8. The minimum atomic E-state index is -1.45. The summed E-state index contributed by atoms with van der Waals surface area (Å²) in [5, 5.41) is 13.1. The molecule has 2 rings (SSSR count). The molecule has 26 heavy (non-hydrogen) atoms. The van der Waals surface area contributed by atoms with Gasteiger partial charge in [0, 0.05) is 13.0 Å². The standard InChI is InChI=1S/C20H30N2O3Si/c1-15(2)19-18(21-24)11-17(14-26(3,4)5)12-22(19)20(23)25-13-16-9-7-6-8-10-16/h6-10,14-15,19,24H,11-13H2,1-5H3/b17-14+,21-18-. The van der Waals surface area contributed by atoms with Crippen LogP contribution in [0.4, 0.5) is 4.79 Å². The predicted molar refractivity (Wildman–Crippen MR) is 107 cm³/mol. The minimum absolute atomic E-state index is 0.138. The van der Waals surface area contributed by atoms with Crippen LogP contribution >= 0.6 is 0 Å². The van der Waals surface area contributed by atoms with Crippen molar-refractivity contribution in [1.82, 2.24) is 4.90 Å². The summed E-state index contributed by atoms with van der Waals surface area (Å²) >= 11 is 0. The number of carbonyl (C=O) groups excluding carboxylic acids is 1. The molecule has 0 aliphatic carbocycles. The lowest BCUT2D eigenvalue weighted by molar-refractivity contribution is 0.0836. The Bertz CT molecular complexity index is 678. The topological polar surface area (TPSA) is 62.1 Å². The number of carbonyl (C=O) groups is 1. The molecular weight excluding hydrogens is 344 g/mol. The van der Waals surface area contributed by atoms with Crippen LogP contribution in [0.25, 0.3) is 0 Å². The molecule has 0 saturated carbocycles. The molecule has 0 radical (unpaired) electrons. The zero-order chi connectivity index (χ0) is 19.3. The highest BCUT2D eigenvalue weighted by atomic mass is 28.3. The number of amides is 1. The van der Waals surface area contributed by atoms with Gasteiger partial charge < -0.3 is 9.94 Å². The van der Waals surface area contributed by atoms with Gasteiger partial charge in [0.25, 0.3) is 0 Å². The van der Waals surface area contributed by atoms with E-state index in [9.17, 15) is 10.0 Å². The molecule has 1 N–H and O–H groups in total. The molecule has 0 bridgehead atoms. The highest BCUT2D eigenvalue weighted by Gasteiger charge is 2.37. The number of nitrogens with zero attached hydrogens (tertiary/aromatic N) is 2. The average molecular weight is 375 g/mol. The Morgan fingerprint density at radius 2 is 2.00 bits per heavy atom. The van der Waals surface area contributed by atoms with E-state index in [0.29, 0.717) is 18.7 Å². The number of piperidine rings is 1. The van der Waals surface area contributed by atoms with Crippen LogP contribution in [0.3, 0.4) is 0 Å². The van der Waals surface area contributed by atoms with Crippen molar-refractivity contribution in [2.45, 2.75) is 52.6 Å². The van der Waals surface area contributed by atoms with Crippen LogP contribution < -0.4 is 0 Å². The number of benzene rings is 1. The molecule has 142 valence electrons. The van der Waals surface area contributed by atoms with E-state index in [1.165, 1.54) is 0 Å². The molecule has 1 aliphatic rings. The fourth-order valence-electron chi connectivity index (χ4n) is 3.42. The number of hydrogen-bond acceptors (Lipinski definition) is 4. The van der Waals surface area contributed by atoms with E-state index in [0.717, 1.165) is 11.1 Å². The molecule has 1 aliphatic heterocycles. The van der Waals surface area contributed by atoms with Crippen LogP contribution in [0.15, 0.2) is 46.8 Å². The van der Waals surface area contributed by atoms with E-state index in [1.807, 2.05) is 44.2 Å². The van der Waals surface area contributed by atoms with Crippen LogP contribution in [0, 0.1) is 5.92 Å². The second kappa shape index (κ2) is 8.53. The van der Waals surface area contributed by atoms with Crippen LogP contribution in [-0.4, -0.2) is 42.6 Å². The van der Waals surface area contributed by atoms with Gasteiger partial charge in [0.2, 0.25) is 0 Å². The first-order valence-electron chi connectivity index (χ1n) is 9.10. The monoisotopic (exact) mass is 374 g/mol. The summed E-state index contributed by atoms with van der Waals surface area (Å²) in [6, 6.07) is 9.39. The Hall–Kier alpha value is -2.08. The van der Waals surface area contributed by atoms with Gasteiger partial charge >= 0.3 is 6.09 Å². The molecule has 6 heteroatoms. The smallest absolute Gasteiger partial charge is 0.410 e. The summed E-state index contributed by atoms with van der Waals surface area (Å²) in [5.74, 6) is 0.138. The highest BCUT2D eigenvalue weighted by Crippen LogP contribution is 2.27. The SMILES string of the molecule is CC(C)C1/C(=N\O)C/C(=C\[Si](C)(C)C)CN1C(=O)OCc1ccccc1. The van der Waals surface area contributed by atoms with Gasteiger partial charge in [0.05, 0.1) is 19.8 Å². The fourth-order valence-corrected chi connectivity index (χ4v) is 4.84. The molecule has 0 aromatic heterocycles. The normalized spacial score (nSPS) is 21.5. The third-order valence-electron chi connectivity index (χ3n) is 4.30. The zero-order valence-corrected chi connectivity index (χ0v) is 17.4. The molecule has 1 amide bonds. The Balaban J connectivity index is 2.22. The van der Waals surface area contributed by atoms with E-state index in [-0.39, 0.29) is 24.7 Å². The molecule has 1 fully saturated rings. The van der Waals surface area contributed by atoms with E-state index in [4.69, 9.17) is 4.74 Å². The summed E-state index contributed by atoms with van der Waals surface area (Å²) in [7, 11) is -1.45. The quantitative estimate of drug-likeness (QED) is 0.472. The van der Waals surface area contributed by atoms with Gasteiger partial charge in [-0.05, 0) is 11.5 Å². The first-order chi connectivity index (χ1) is 12.2. The first kappa shape index (κ1) is 20.2. The van der Waals surface area contributed by atoms with E-state index >= 15 is 0 Å². The number of hydrogen-bond donors (Lipinski definition) is 1. The maximum atomic E-state index is 12.8. The van der Waals surface area contributed by atoms with Gasteiger partial charge in [0.15, 0.2) is 0 Å². The Kier molecular flexibility index (Phi) is 6.64. The van der Waals surface area contributed by atoms with Gasteiger partial charge in [-0.2, -0.15) is 0 Å². The maximum Gasteiger partial charge on any atom is 0.410 e. The van der Waals surface area contributed by atoms with Gasteiger partial charge in [-0.25, -0.2) is 4.79 Å². The van der Waals surface area contributed by atoms with Gasteiger partial charge in [-0.1, -0.05) is 80.2 Å². The van der Waals surface area contributed by atoms with Crippen molar-refractivity contribution in [3.05, 3.63) is 47.2 Å². The third-order valence-corrected chi connectivity index (χ3v) is 5.57. The molecule has 1 heterocycles. The van der Waals surface area contributed by atoms with Gasteiger partial charge in [-0.3, -0.25) is 4.90 Å². The number of likely N-dealkylation sites (tertiary alicyclic amines) is 1. The second-order valence-corrected chi connectivity index (χ2v) is 13.3. The van der Waals surface area contributed by atoms with Gasteiger partial charge in [-0.15, -0.1) is 0 Å². The molecule has 1 aromatic carbocycles. The molecule has 5 nitrogen and oxygen atoms in total. The summed E-state index contributed by atoms with van der Waals surface area (Å²) in [6.45, 7) is 11.6. The molecular formula is C20H30N2O3Si. The van der Waals surface area contributed by atoms with E-state index in [2.05, 4.69) is 30.5 Å². The van der Waals surface area contributed by atoms with E-state index < -0.39 is 8.07 Å². The Morgan fingerprint density at radius 3 is 2.54 bits per heavy atom. The average Bonchev–Trinajstić information content (AvgIpc) is 2.58. The molecule has 1 aromatic rings. The van der Waals surface area contributed by atoms with Gasteiger partial charge in [0.1, 0.15) is 6.61 Å². The molecule has 1 atom stereocenters. The second-order valence-electron chi connectivity index (χ2n) is 8.29. The number of rotatable bonds is 4. The summed E-state index contributed by atoms with van der Waals surface area (Å²) in [4.78, 5) is 14.5. The molecule has 1 saturated heterocycles. The fraction of sp³-hybridized carbons (Fsp3) is 0.500. The van der Waals surface area contributed by atoms with Crippen LogP contribution in [0.1, 0.15) is 25.8 Å². The first-order valence-corrected chi connectivity index (χ1v) is 12.7.